The van der Waals surface area contributed by atoms with E-state index in [9.17, 15) is 14.4 Å². The van der Waals surface area contributed by atoms with Crippen LogP contribution in [0.4, 0.5) is 10.3 Å². The van der Waals surface area contributed by atoms with Crippen molar-refractivity contribution >= 4 is 22.9 Å². The van der Waals surface area contributed by atoms with Crippen LogP contribution in [0.25, 0.3) is 11.0 Å². The third-order valence-electron chi connectivity index (χ3n) is 4.07. The topological polar surface area (TPSA) is 70.7 Å². The van der Waals surface area contributed by atoms with Gasteiger partial charge in [-0.15, -0.1) is 0 Å². The van der Waals surface area contributed by atoms with Gasteiger partial charge in [-0.3, -0.25) is 10.1 Å². The fourth-order valence-corrected chi connectivity index (χ4v) is 3.06. The van der Waals surface area contributed by atoms with Gasteiger partial charge in [-0.2, -0.15) is 5.26 Å². The van der Waals surface area contributed by atoms with E-state index in [1.807, 2.05) is 30.3 Å². The van der Waals surface area contributed by atoms with Crippen LogP contribution in [0, 0.1) is 23.1 Å². The Morgan fingerprint density at radius 2 is 1.91 bits per heavy atom. The molecule has 1 amide bonds. The molecule has 1 aliphatic rings. The first-order valence-electron chi connectivity index (χ1n) is 7.12. The monoisotopic (exact) mass is 306 g/mol. The second kappa shape index (κ2) is 4.92. The van der Waals surface area contributed by atoms with Gasteiger partial charge in [0.1, 0.15) is 5.82 Å². The molecular formula is C17H11FN4O. The van der Waals surface area contributed by atoms with E-state index in [1.165, 1.54) is 6.07 Å². The van der Waals surface area contributed by atoms with Crippen LogP contribution < -0.4 is 5.32 Å². The lowest BCUT2D eigenvalue weighted by atomic mass is 9.91. The molecule has 2 aromatic carbocycles. The van der Waals surface area contributed by atoms with Gasteiger partial charge in [0.15, 0.2) is 5.92 Å². The highest BCUT2D eigenvalue weighted by atomic mass is 19.1. The molecule has 1 aromatic heterocycles. The van der Waals surface area contributed by atoms with Gasteiger partial charge in [-0.1, -0.05) is 30.3 Å². The first kappa shape index (κ1) is 13.5. The maximum atomic E-state index is 14.3. The summed E-state index contributed by atoms with van der Waals surface area (Å²) in [6.07, 6.45) is 0. The molecule has 2 heterocycles. The SMILES string of the molecule is N#C[C@H]1C(=O)Nc2nc3ccccc3n2[C@@H]1c1ccccc1F. The van der Waals surface area contributed by atoms with Crippen molar-refractivity contribution < 1.29 is 9.18 Å². The van der Waals surface area contributed by atoms with Crippen LogP contribution in [0.3, 0.4) is 0 Å². The summed E-state index contributed by atoms with van der Waals surface area (Å²) in [5.41, 5.74) is 1.73. The number of imidazole rings is 1. The van der Waals surface area contributed by atoms with E-state index < -0.39 is 23.7 Å². The zero-order valence-corrected chi connectivity index (χ0v) is 11.9. The van der Waals surface area contributed by atoms with Crippen LogP contribution >= 0.6 is 0 Å². The molecule has 3 aromatic rings. The lowest BCUT2D eigenvalue weighted by Crippen LogP contribution is -2.37. The number of benzene rings is 2. The molecule has 0 aliphatic carbocycles. The van der Waals surface area contributed by atoms with E-state index >= 15 is 0 Å². The first-order valence-corrected chi connectivity index (χ1v) is 7.12. The van der Waals surface area contributed by atoms with Crippen molar-refractivity contribution in [2.45, 2.75) is 6.04 Å². The van der Waals surface area contributed by atoms with Crippen LogP contribution in [0.1, 0.15) is 11.6 Å². The van der Waals surface area contributed by atoms with Crippen LogP contribution in [0.15, 0.2) is 48.5 Å². The van der Waals surface area contributed by atoms with Crippen molar-refractivity contribution in [3.05, 3.63) is 59.9 Å². The molecule has 1 aliphatic heterocycles. The highest BCUT2D eigenvalue weighted by Gasteiger charge is 2.39. The number of para-hydroxylation sites is 2. The zero-order chi connectivity index (χ0) is 16.0. The lowest BCUT2D eigenvalue weighted by Gasteiger charge is -2.30. The van der Waals surface area contributed by atoms with E-state index in [0.717, 1.165) is 5.52 Å². The number of nitrogens with zero attached hydrogens (tertiary/aromatic N) is 3. The van der Waals surface area contributed by atoms with E-state index in [1.54, 1.807) is 22.8 Å². The fourth-order valence-electron chi connectivity index (χ4n) is 3.06. The maximum absolute atomic E-state index is 14.3. The van der Waals surface area contributed by atoms with Crippen molar-refractivity contribution in [1.29, 1.82) is 5.26 Å². The number of carbonyl (C=O) groups is 1. The zero-order valence-electron chi connectivity index (χ0n) is 11.9. The number of hydrogen-bond donors (Lipinski definition) is 1. The van der Waals surface area contributed by atoms with E-state index in [0.29, 0.717) is 17.0 Å². The third kappa shape index (κ3) is 1.90. The third-order valence-corrected chi connectivity index (χ3v) is 4.07. The second-order valence-corrected chi connectivity index (χ2v) is 5.36. The summed E-state index contributed by atoms with van der Waals surface area (Å²) in [6, 6.07) is 14.8. The molecule has 0 unspecified atom stereocenters. The first-order chi connectivity index (χ1) is 11.2. The highest BCUT2D eigenvalue weighted by Crippen LogP contribution is 2.38. The van der Waals surface area contributed by atoms with Crippen molar-refractivity contribution in [3.63, 3.8) is 0 Å². The summed E-state index contributed by atoms with van der Waals surface area (Å²) in [4.78, 5) is 16.6. The minimum Gasteiger partial charge on any atom is -0.300 e. The van der Waals surface area contributed by atoms with Crippen molar-refractivity contribution in [2.24, 2.45) is 5.92 Å². The highest BCUT2D eigenvalue weighted by molar-refractivity contribution is 5.97. The Hall–Kier alpha value is -3.20. The molecule has 5 nitrogen and oxygen atoms in total. The number of amides is 1. The Morgan fingerprint density at radius 3 is 2.70 bits per heavy atom. The second-order valence-electron chi connectivity index (χ2n) is 5.36. The number of nitrogens with one attached hydrogen (secondary N) is 1. The Balaban J connectivity index is 2.05. The summed E-state index contributed by atoms with van der Waals surface area (Å²) in [5.74, 6) is -1.62. The molecule has 4 rings (SSSR count). The number of fused-ring (bicyclic) bond motifs is 3. The van der Waals surface area contributed by atoms with Gasteiger partial charge in [0, 0.05) is 5.56 Å². The van der Waals surface area contributed by atoms with Crippen LogP contribution in [0.5, 0.6) is 0 Å². The quantitative estimate of drug-likeness (QED) is 0.751. The minimum absolute atomic E-state index is 0.304. The summed E-state index contributed by atoms with van der Waals surface area (Å²) < 4.78 is 16.1. The van der Waals surface area contributed by atoms with Gasteiger partial charge >= 0.3 is 0 Å². The molecule has 23 heavy (non-hydrogen) atoms. The Morgan fingerprint density at radius 1 is 1.17 bits per heavy atom. The molecule has 0 fully saturated rings. The smallest absolute Gasteiger partial charge is 0.246 e. The number of nitriles is 1. The largest absolute Gasteiger partial charge is 0.300 e. The van der Waals surface area contributed by atoms with Crippen LogP contribution in [0.2, 0.25) is 0 Å². The standard InChI is InChI=1S/C17H11FN4O/c18-12-6-2-1-5-10(12)15-11(9-19)16(23)21-17-20-13-7-3-4-8-14(13)22(15)17/h1-8,11,15H,(H,20,21,23)/t11-,15-/m1/s1. The van der Waals surface area contributed by atoms with Crippen molar-refractivity contribution in [1.82, 2.24) is 9.55 Å². The number of carbonyl (C=O) groups excluding carboxylic acids is 1. The van der Waals surface area contributed by atoms with Crippen molar-refractivity contribution in [2.75, 3.05) is 5.32 Å². The Bertz CT molecular complexity index is 972. The Kier molecular flexibility index (Phi) is 2.88. The molecule has 1 N–H and O–H groups in total. The number of halogens is 1. The van der Waals surface area contributed by atoms with Crippen molar-refractivity contribution in [3.8, 4) is 6.07 Å². The number of anilines is 1. The molecule has 112 valence electrons. The predicted octanol–water partition coefficient (Wildman–Crippen LogP) is 2.86. The molecule has 0 saturated carbocycles. The number of rotatable bonds is 1. The summed E-state index contributed by atoms with van der Waals surface area (Å²) in [7, 11) is 0. The maximum Gasteiger partial charge on any atom is 0.246 e. The molecular weight excluding hydrogens is 295 g/mol. The van der Waals surface area contributed by atoms with Gasteiger partial charge < -0.3 is 4.57 Å². The molecule has 6 heteroatoms. The normalized spacial score (nSPS) is 19.9. The van der Waals surface area contributed by atoms with Gasteiger partial charge in [0.2, 0.25) is 11.9 Å². The van der Waals surface area contributed by atoms with E-state index in [4.69, 9.17) is 0 Å². The van der Waals surface area contributed by atoms with Gasteiger partial charge in [-0.25, -0.2) is 9.37 Å². The molecule has 2 atom stereocenters. The summed E-state index contributed by atoms with van der Waals surface area (Å²) >= 11 is 0. The van der Waals surface area contributed by atoms with Crippen LogP contribution in [-0.4, -0.2) is 15.5 Å². The summed E-state index contributed by atoms with van der Waals surface area (Å²) in [5, 5.41) is 12.1. The molecule has 0 spiro atoms. The average Bonchev–Trinajstić information content (AvgIpc) is 2.92. The minimum atomic E-state index is -1.03. The predicted molar refractivity (Wildman–Crippen MR) is 82.0 cm³/mol. The number of hydrogen-bond acceptors (Lipinski definition) is 3. The molecule has 0 saturated heterocycles. The number of aromatic nitrogens is 2. The summed E-state index contributed by atoms with van der Waals surface area (Å²) in [6.45, 7) is 0. The average molecular weight is 306 g/mol. The molecule has 0 bridgehead atoms. The Labute approximate surface area is 131 Å². The van der Waals surface area contributed by atoms with Gasteiger partial charge in [0.05, 0.1) is 23.1 Å². The molecule has 0 radical (unpaired) electrons. The lowest BCUT2D eigenvalue weighted by molar-refractivity contribution is -0.119. The van der Waals surface area contributed by atoms with Gasteiger partial charge in [-0.05, 0) is 18.2 Å². The van der Waals surface area contributed by atoms with Crippen LogP contribution in [-0.2, 0) is 4.79 Å². The van der Waals surface area contributed by atoms with E-state index in [2.05, 4.69) is 10.3 Å². The van der Waals surface area contributed by atoms with Gasteiger partial charge in [0.25, 0.3) is 0 Å². The fraction of sp³-hybridized carbons (Fsp3) is 0.118. The van der Waals surface area contributed by atoms with E-state index in [-0.39, 0.29) is 0 Å².